The smallest absolute Gasteiger partial charge is 0.252 e. The molecule has 3 aromatic rings. The van der Waals surface area contributed by atoms with Crippen molar-refractivity contribution in [2.75, 3.05) is 11.5 Å². The van der Waals surface area contributed by atoms with Crippen LogP contribution < -0.4 is 5.32 Å². The molecule has 0 saturated carbocycles. The van der Waals surface area contributed by atoms with E-state index < -0.39 is 9.84 Å². The number of nitrogens with zero attached hydrogens (tertiary/aromatic N) is 3. The molecule has 0 bridgehead atoms. The summed E-state index contributed by atoms with van der Waals surface area (Å²) in [6.45, 7) is 7.68. The first kappa shape index (κ1) is 20.5. The fourth-order valence-corrected chi connectivity index (χ4v) is 5.62. The van der Waals surface area contributed by atoms with Gasteiger partial charge in [0.15, 0.2) is 15.5 Å². The van der Waals surface area contributed by atoms with Crippen molar-refractivity contribution in [1.29, 1.82) is 0 Å². The van der Waals surface area contributed by atoms with Gasteiger partial charge in [0.1, 0.15) is 0 Å². The van der Waals surface area contributed by atoms with Crippen molar-refractivity contribution < 1.29 is 13.2 Å². The zero-order chi connectivity index (χ0) is 21.6. The quantitative estimate of drug-likeness (QED) is 0.691. The highest BCUT2D eigenvalue weighted by atomic mass is 32.2. The summed E-state index contributed by atoms with van der Waals surface area (Å²) in [5.74, 6) is 0.0105. The summed E-state index contributed by atoms with van der Waals surface area (Å²) in [7, 11) is -3.08. The molecule has 1 aliphatic rings. The average molecular weight is 427 g/mol. The molecule has 1 aliphatic heterocycles. The van der Waals surface area contributed by atoms with E-state index in [9.17, 15) is 13.2 Å². The number of benzene rings is 1. The van der Waals surface area contributed by atoms with Crippen molar-refractivity contribution in [1.82, 2.24) is 20.1 Å². The summed E-state index contributed by atoms with van der Waals surface area (Å²) in [6, 6.07) is 9.46. The van der Waals surface area contributed by atoms with E-state index in [0.717, 1.165) is 11.1 Å². The molecule has 30 heavy (non-hydrogen) atoms. The van der Waals surface area contributed by atoms with Crippen LogP contribution in [0.15, 0.2) is 30.3 Å². The van der Waals surface area contributed by atoms with Gasteiger partial charge < -0.3 is 5.32 Å². The molecule has 0 radical (unpaired) electrons. The second-order valence-corrected chi connectivity index (χ2v) is 10.6. The summed E-state index contributed by atoms with van der Waals surface area (Å²) in [6.07, 6.45) is 0.502. The Labute approximate surface area is 176 Å². The third-order valence-electron chi connectivity index (χ3n) is 5.40. The molecular formula is C22H26N4O3S. The lowest BCUT2D eigenvalue weighted by Gasteiger charge is -2.13. The molecule has 1 N–H and O–H groups in total. The second-order valence-electron chi connectivity index (χ2n) is 8.33. The van der Waals surface area contributed by atoms with Crippen LogP contribution in [0.3, 0.4) is 0 Å². The van der Waals surface area contributed by atoms with E-state index in [2.05, 4.69) is 10.4 Å². The van der Waals surface area contributed by atoms with Crippen molar-refractivity contribution in [3.05, 3.63) is 47.2 Å². The Bertz CT molecular complexity index is 1230. The third-order valence-corrected chi connectivity index (χ3v) is 7.15. The maximum Gasteiger partial charge on any atom is 0.252 e. The van der Waals surface area contributed by atoms with Gasteiger partial charge in [-0.25, -0.2) is 18.1 Å². The van der Waals surface area contributed by atoms with Crippen LogP contribution >= 0.6 is 0 Å². The Hall–Kier alpha value is -2.74. The Balaban J connectivity index is 1.94. The van der Waals surface area contributed by atoms with Crippen molar-refractivity contribution in [2.45, 2.75) is 46.2 Å². The van der Waals surface area contributed by atoms with Crippen LogP contribution in [0, 0.1) is 13.8 Å². The van der Waals surface area contributed by atoms with Gasteiger partial charge >= 0.3 is 0 Å². The highest BCUT2D eigenvalue weighted by Crippen LogP contribution is 2.32. The SMILES string of the molecule is Cc1ccc(-c2cc(C(=O)NC(C)C)c3c(C)nn(C4CCS(=O)(=O)C4)c3n2)cc1. The second kappa shape index (κ2) is 7.50. The minimum absolute atomic E-state index is 0.0149. The Kier molecular flexibility index (Phi) is 5.13. The molecule has 0 aliphatic carbocycles. The van der Waals surface area contributed by atoms with Crippen LogP contribution in [0.25, 0.3) is 22.3 Å². The molecule has 1 saturated heterocycles. The summed E-state index contributed by atoms with van der Waals surface area (Å²) in [5, 5.41) is 8.25. The van der Waals surface area contributed by atoms with Gasteiger partial charge in [0, 0.05) is 11.6 Å². The molecule has 158 valence electrons. The lowest BCUT2D eigenvalue weighted by molar-refractivity contribution is 0.0944. The molecule has 1 amide bonds. The van der Waals surface area contributed by atoms with Crippen LogP contribution in [0.5, 0.6) is 0 Å². The molecule has 8 heteroatoms. The summed E-state index contributed by atoms with van der Waals surface area (Å²) in [5.41, 5.74) is 4.43. The summed E-state index contributed by atoms with van der Waals surface area (Å²) < 4.78 is 25.8. The lowest BCUT2D eigenvalue weighted by Crippen LogP contribution is -2.30. The largest absolute Gasteiger partial charge is 0.350 e. The topological polar surface area (TPSA) is 94.0 Å². The first-order valence-electron chi connectivity index (χ1n) is 10.1. The lowest BCUT2D eigenvalue weighted by atomic mass is 10.0. The van der Waals surface area contributed by atoms with Crippen molar-refractivity contribution in [3.8, 4) is 11.3 Å². The predicted octanol–water partition coefficient (Wildman–Crippen LogP) is 3.21. The zero-order valence-electron chi connectivity index (χ0n) is 17.6. The van der Waals surface area contributed by atoms with E-state index in [0.29, 0.717) is 34.4 Å². The molecule has 0 spiro atoms. The number of carbonyl (C=O) groups is 1. The van der Waals surface area contributed by atoms with Gasteiger partial charge in [-0.1, -0.05) is 29.8 Å². The number of aromatic nitrogens is 3. The molecule has 3 heterocycles. The molecular weight excluding hydrogens is 400 g/mol. The summed E-state index contributed by atoms with van der Waals surface area (Å²) in [4.78, 5) is 17.9. The highest BCUT2D eigenvalue weighted by Gasteiger charge is 2.32. The third kappa shape index (κ3) is 3.84. The summed E-state index contributed by atoms with van der Waals surface area (Å²) >= 11 is 0. The first-order valence-corrected chi connectivity index (χ1v) is 11.9. The van der Waals surface area contributed by atoms with Gasteiger partial charge in [0.25, 0.3) is 5.91 Å². The monoisotopic (exact) mass is 426 g/mol. The Morgan fingerprint density at radius 2 is 1.90 bits per heavy atom. The Morgan fingerprint density at radius 3 is 2.50 bits per heavy atom. The normalized spacial score (nSPS) is 18.2. The van der Waals surface area contributed by atoms with E-state index in [-0.39, 0.29) is 29.5 Å². The van der Waals surface area contributed by atoms with Crippen LogP contribution in [0.4, 0.5) is 0 Å². The number of hydrogen-bond acceptors (Lipinski definition) is 5. The van der Waals surface area contributed by atoms with Gasteiger partial charge in [-0.3, -0.25) is 4.79 Å². The van der Waals surface area contributed by atoms with Gasteiger partial charge in [-0.05, 0) is 40.2 Å². The molecule has 1 fully saturated rings. The molecule has 4 rings (SSSR count). The van der Waals surface area contributed by atoms with Crippen molar-refractivity contribution >= 4 is 26.8 Å². The van der Waals surface area contributed by atoms with Gasteiger partial charge in [0.2, 0.25) is 0 Å². The van der Waals surface area contributed by atoms with E-state index in [1.165, 1.54) is 0 Å². The average Bonchev–Trinajstić information content (AvgIpc) is 3.20. The molecule has 7 nitrogen and oxygen atoms in total. The number of amides is 1. The fourth-order valence-electron chi connectivity index (χ4n) is 3.93. The first-order chi connectivity index (χ1) is 14.1. The number of rotatable bonds is 4. The van der Waals surface area contributed by atoms with Crippen molar-refractivity contribution in [2.24, 2.45) is 0 Å². The van der Waals surface area contributed by atoms with Gasteiger partial charge in [-0.2, -0.15) is 5.10 Å². The van der Waals surface area contributed by atoms with Crippen LogP contribution in [-0.2, 0) is 9.84 Å². The minimum Gasteiger partial charge on any atom is -0.350 e. The number of aryl methyl sites for hydroxylation is 2. The maximum absolute atomic E-state index is 13.0. The van der Waals surface area contributed by atoms with Crippen LogP contribution in [0.1, 0.15) is 47.9 Å². The molecule has 1 atom stereocenters. The number of nitrogens with one attached hydrogen (secondary N) is 1. The van der Waals surface area contributed by atoms with E-state index >= 15 is 0 Å². The number of fused-ring (bicyclic) bond motifs is 1. The minimum atomic E-state index is -3.08. The molecule has 2 aromatic heterocycles. The predicted molar refractivity (Wildman–Crippen MR) is 117 cm³/mol. The fraction of sp³-hybridized carbons (Fsp3) is 0.409. The van der Waals surface area contributed by atoms with Gasteiger partial charge in [-0.15, -0.1) is 0 Å². The van der Waals surface area contributed by atoms with Gasteiger partial charge in [0.05, 0.1) is 39.9 Å². The number of sulfone groups is 1. The van der Waals surface area contributed by atoms with E-state index in [4.69, 9.17) is 4.98 Å². The maximum atomic E-state index is 13.0. The molecule has 1 unspecified atom stereocenters. The van der Waals surface area contributed by atoms with E-state index in [1.807, 2.05) is 52.0 Å². The number of pyridine rings is 1. The van der Waals surface area contributed by atoms with E-state index in [1.54, 1.807) is 10.7 Å². The van der Waals surface area contributed by atoms with Crippen molar-refractivity contribution in [3.63, 3.8) is 0 Å². The van der Waals surface area contributed by atoms with Crippen LogP contribution in [-0.4, -0.2) is 46.6 Å². The molecule has 1 aromatic carbocycles. The number of carbonyl (C=O) groups excluding carboxylic acids is 1. The number of hydrogen-bond donors (Lipinski definition) is 1. The highest BCUT2D eigenvalue weighted by molar-refractivity contribution is 7.91. The zero-order valence-corrected chi connectivity index (χ0v) is 18.5. The van der Waals surface area contributed by atoms with Crippen LogP contribution in [0.2, 0.25) is 0 Å². The Morgan fingerprint density at radius 1 is 1.20 bits per heavy atom. The standard InChI is InChI=1S/C22H26N4O3S/c1-13(2)23-22(27)18-11-19(16-7-5-14(3)6-8-16)24-21-20(18)15(4)25-26(21)17-9-10-30(28,29)12-17/h5-8,11,13,17H,9-10,12H2,1-4H3,(H,23,27).